The van der Waals surface area contributed by atoms with Crippen molar-refractivity contribution in [1.29, 1.82) is 0 Å². The number of aryl methyl sites for hydroxylation is 2. The number of benzene rings is 2. The van der Waals surface area contributed by atoms with Gasteiger partial charge in [-0.3, -0.25) is 0 Å². The largest absolute Gasteiger partial charge is 0.207 e. The number of hydrogen-bond donors (Lipinski definition) is 0. The third kappa shape index (κ3) is 2.39. The van der Waals surface area contributed by atoms with Crippen molar-refractivity contribution < 1.29 is 4.39 Å². The predicted octanol–water partition coefficient (Wildman–Crippen LogP) is 4.38. The number of rotatable bonds is 2. The lowest BCUT2D eigenvalue weighted by molar-refractivity contribution is 0.610. The lowest BCUT2D eigenvalue weighted by atomic mass is 9.76. The van der Waals surface area contributed by atoms with Crippen molar-refractivity contribution >= 4 is 0 Å². The van der Waals surface area contributed by atoms with E-state index in [-0.39, 0.29) is 5.82 Å². The van der Waals surface area contributed by atoms with Gasteiger partial charge in [0.1, 0.15) is 5.82 Å². The molecule has 96 valence electrons. The quantitative estimate of drug-likeness (QED) is 0.696. The normalized spacial score (nSPS) is 13.6. The molecule has 2 aromatic rings. The van der Waals surface area contributed by atoms with Crippen LogP contribution in [0.5, 0.6) is 0 Å². The molecule has 0 aromatic heterocycles. The topological polar surface area (TPSA) is 0 Å². The molecule has 0 radical (unpaired) electrons. The van der Waals surface area contributed by atoms with E-state index in [1.54, 1.807) is 13.0 Å². The van der Waals surface area contributed by atoms with Gasteiger partial charge < -0.3 is 0 Å². The average molecular weight is 252 g/mol. The molecule has 0 amide bonds. The van der Waals surface area contributed by atoms with Crippen molar-refractivity contribution in [2.45, 2.75) is 26.2 Å². The van der Waals surface area contributed by atoms with Gasteiger partial charge in [-0.2, -0.15) is 0 Å². The van der Waals surface area contributed by atoms with Crippen LogP contribution in [0.2, 0.25) is 0 Å². The van der Waals surface area contributed by atoms with Crippen molar-refractivity contribution in [2.24, 2.45) is 0 Å². The van der Waals surface area contributed by atoms with Crippen LogP contribution in [0.3, 0.4) is 0 Å². The van der Waals surface area contributed by atoms with E-state index in [1.807, 2.05) is 44.2 Å². The van der Waals surface area contributed by atoms with Crippen molar-refractivity contribution in [3.63, 3.8) is 0 Å². The van der Waals surface area contributed by atoms with E-state index in [9.17, 15) is 4.39 Å². The maximum Gasteiger partial charge on any atom is 0.126 e. The fraction of sp³-hybridized carbons (Fsp3) is 0.222. The molecule has 1 unspecified atom stereocenters. The van der Waals surface area contributed by atoms with E-state index in [2.05, 4.69) is 5.92 Å². The summed E-state index contributed by atoms with van der Waals surface area (Å²) < 4.78 is 13.8. The molecule has 0 aliphatic heterocycles. The Bertz CT molecular complexity index is 632. The third-order valence-electron chi connectivity index (χ3n) is 3.67. The fourth-order valence-electron chi connectivity index (χ4n) is 2.12. The molecule has 1 heteroatoms. The van der Waals surface area contributed by atoms with Gasteiger partial charge in [-0.25, -0.2) is 4.39 Å². The molecular weight excluding hydrogens is 235 g/mol. The zero-order valence-corrected chi connectivity index (χ0v) is 11.5. The molecule has 0 spiro atoms. The summed E-state index contributed by atoms with van der Waals surface area (Å²) in [7, 11) is 0. The van der Waals surface area contributed by atoms with Crippen LogP contribution in [0.25, 0.3) is 0 Å². The fourth-order valence-corrected chi connectivity index (χ4v) is 2.12. The first-order valence-electron chi connectivity index (χ1n) is 6.29. The number of hydrogen-bond acceptors (Lipinski definition) is 0. The summed E-state index contributed by atoms with van der Waals surface area (Å²) in [6.07, 6.45) is 5.72. The number of terminal acetylenes is 1. The van der Waals surface area contributed by atoms with Crippen molar-refractivity contribution in [2.75, 3.05) is 0 Å². The molecule has 0 N–H and O–H groups in total. The second-order valence-corrected chi connectivity index (χ2v) is 5.10. The predicted molar refractivity (Wildman–Crippen MR) is 77.6 cm³/mol. The van der Waals surface area contributed by atoms with E-state index in [0.717, 1.165) is 11.1 Å². The van der Waals surface area contributed by atoms with Crippen LogP contribution < -0.4 is 0 Å². The standard InChI is InChI=1S/C18H17F/c1-5-18(4,15-9-6-13(2)7-10-15)16-11-8-14(3)17(19)12-16/h1,6-12H,2-4H3. The van der Waals surface area contributed by atoms with Crippen molar-refractivity contribution in [3.05, 3.63) is 70.5 Å². The van der Waals surface area contributed by atoms with E-state index >= 15 is 0 Å². The summed E-state index contributed by atoms with van der Waals surface area (Å²) in [6.45, 7) is 5.72. The van der Waals surface area contributed by atoms with Gasteiger partial charge in [0.05, 0.1) is 5.41 Å². The zero-order chi connectivity index (χ0) is 14.0. The van der Waals surface area contributed by atoms with Gasteiger partial charge in [0.15, 0.2) is 0 Å². The highest BCUT2D eigenvalue weighted by Crippen LogP contribution is 2.32. The molecule has 0 saturated heterocycles. The highest BCUT2D eigenvalue weighted by molar-refractivity contribution is 5.47. The minimum atomic E-state index is -0.609. The van der Waals surface area contributed by atoms with Crippen molar-refractivity contribution in [1.82, 2.24) is 0 Å². The maximum atomic E-state index is 13.8. The molecule has 0 fully saturated rings. The van der Waals surface area contributed by atoms with Gasteiger partial charge >= 0.3 is 0 Å². The highest BCUT2D eigenvalue weighted by Gasteiger charge is 2.27. The second-order valence-electron chi connectivity index (χ2n) is 5.10. The van der Waals surface area contributed by atoms with Crippen LogP contribution >= 0.6 is 0 Å². The monoisotopic (exact) mass is 252 g/mol. The summed E-state index contributed by atoms with van der Waals surface area (Å²) in [5, 5.41) is 0. The highest BCUT2D eigenvalue weighted by atomic mass is 19.1. The summed E-state index contributed by atoms with van der Waals surface area (Å²) in [5.74, 6) is 2.59. The minimum absolute atomic E-state index is 0.217. The molecule has 2 rings (SSSR count). The summed E-state index contributed by atoms with van der Waals surface area (Å²) >= 11 is 0. The first kappa shape index (κ1) is 13.4. The Morgan fingerprint density at radius 2 is 1.58 bits per heavy atom. The third-order valence-corrected chi connectivity index (χ3v) is 3.67. The Balaban J connectivity index is 2.56. The second kappa shape index (κ2) is 4.90. The first-order chi connectivity index (χ1) is 8.97. The average Bonchev–Trinajstić information content (AvgIpc) is 2.42. The molecule has 0 nitrogen and oxygen atoms in total. The Morgan fingerprint density at radius 3 is 2.11 bits per heavy atom. The molecular formula is C18H17F. The van der Waals surface area contributed by atoms with Crippen LogP contribution in [0.15, 0.2) is 42.5 Å². The smallest absolute Gasteiger partial charge is 0.126 e. The molecule has 1 atom stereocenters. The van der Waals surface area contributed by atoms with Gasteiger partial charge in [0.2, 0.25) is 0 Å². The summed E-state index contributed by atoms with van der Waals surface area (Å²) in [4.78, 5) is 0. The first-order valence-corrected chi connectivity index (χ1v) is 6.29. The minimum Gasteiger partial charge on any atom is -0.207 e. The maximum absolute atomic E-state index is 13.8. The number of halogens is 1. The molecule has 0 aliphatic rings. The van der Waals surface area contributed by atoms with E-state index < -0.39 is 5.41 Å². The van der Waals surface area contributed by atoms with Crippen LogP contribution in [0, 0.1) is 32.0 Å². The molecule has 0 heterocycles. The lowest BCUT2D eigenvalue weighted by Crippen LogP contribution is -2.21. The van der Waals surface area contributed by atoms with Gasteiger partial charge in [-0.05, 0) is 43.5 Å². The van der Waals surface area contributed by atoms with E-state index in [0.29, 0.717) is 5.56 Å². The molecule has 0 bridgehead atoms. The molecule has 0 saturated carbocycles. The van der Waals surface area contributed by atoms with Crippen LogP contribution in [0.4, 0.5) is 4.39 Å². The molecule has 2 aromatic carbocycles. The molecule has 19 heavy (non-hydrogen) atoms. The zero-order valence-electron chi connectivity index (χ0n) is 11.5. The van der Waals surface area contributed by atoms with Crippen LogP contribution in [-0.2, 0) is 5.41 Å². The van der Waals surface area contributed by atoms with Gasteiger partial charge in [0.25, 0.3) is 0 Å². The van der Waals surface area contributed by atoms with Crippen LogP contribution in [-0.4, -0.2) is 0 Å². The van der Waals surface area contributed by atoms with Gasteiger partial charge in [-0.15, -0.1) is 6.42 Å². The Labute approximate surface area is 114 Å². The summed E-state index contributed by atoms with van der Waals surface area (Å²) in [6, 6.07) is 13.3. The van der Waals surface area contributed by atoms with Gasteiger partial charge in [0, 0.05) is 0 Å². The SMILES string of the molecule is C#CC(C)(c1ccc(C)cc1)c1ccc(C)c(F)c1. The van der Waals surface area contributed by atoms with E-state index in [4.69, 9.17) is 6.42 Å². The summed E-state index contributed by atoms with van der Waals surface area (Å²) in [5.41, 5.74) is 3.01. The van der Waals surface area contributed by atoms with Gasteiger partial charge in [-0.1, -0.05) is 47.9 Å². The Kier molecular flexibility index (Phi) is 3.44. The molecule has 0 aliphatic carbocycles. The Morgan fingerprint density at radius 1 is 1.00 bits per heavy atom. The lowest BCUT2D eigenvalue weighted by Gasteiger charge is -2.25. The van der Waals surface area contributed by atoms with Crippen LogP contribution in [0.1, 0.15) is 29.2 Å². The van der Waals surface area contributed by atoms with Crippen molar-refractivity contribution in [3.8, 4) is 12.3 Å². The Hall–Kier alpha value is -2.07. The van der Waals surface area contributed by atoms with E-state index in [1.165, 1.54) is 11.6 Å².